The van der Waals surface area contributed by atoms with E-state index in [1.807, 2.05) is 17.8 Å². The van der Waals surface area contributed by atoms with Gasteiger partial charge in [-0.2, -0.15) is 0 Å². The molecule has 5 heteroatoms. The Bertz CT molecular complexity index is 131. The van der Waals surface area contributed by atoms with Crippen molar-refractivity contribution in [1.29, 1.82) is 0 Å². The van der Waals surface area contributed by atoms with Gasteiger partial charge in [0.05, 0.1) is 6.33 Å². The standard InChI is InChI=1S/C4H6N2.2ClH.Fe/c1-6-3-2-5-4-6;;;/h2-4H,1H3;2*1H;/q;;;+2/p-2. The third-order valence-corrected chi connectivity index (χ3v) is 0.637. The molecule has 0 radical (unpaired) electrons. The first kappa shape index (κ1) is 9.31. The minimum absolute atomic E-state index is 0.194. The monoisotopic (exact) mass is 208 g/mol. The summed E-state index contributed by atoms with van der Waals surface area (Å²) >= 11 is 0.194. The van der Waals surface area contributed by atoms with Crippen LogP contribution >= 0.6 is 20.2 Å². The average Bonchev–Trinajstić information content (AvgIpc) is 2.20. The first-order valence-electron chi connectivity index (χ1n) is 2.08. The van der Waals surface area contributed by atoms with Gasteiger partial charge in [-0.05, 0) is 0 Å². The van der Waals surface area contributed by atoms with Crippen molar-refractivity contribution >= 4 is 20.2 Å². The number of imidazole rings is 1. The Balaban J connectivity index is 0.000000187. The van der Waals surface area contributed by atoms with Gasteiger partial charge in [0.25, 0.3) is 0 Å². The van der Waals surface area contributed by atoms with Crippen molar-refractivity contribution < 1.29 is 13.1 Å². The van der Waals surface area contributed by atoms with Crippen molar-refractivity contribution in [3.05, 3.63) is 18.7 Å². The fourth-order valence-electron chi connectivity index (χ4n) is 0.326. The van der Waals surface area contributed by atoms with Crippen LogP contribution in [0.3, 0.4) is 0 Å². The molecule has 0 saturated heterocycles. The van der Waals surface area contributed by atoms with Crippen molar-refractivity contribution in [2.24, 2.45) is 7.05 Å². The summed E-state index contributed by atoms with van der Waals surface area (Å²) in [6.07, 6.45) is 5.39. The molecule has 0 aromatic carbocycles. The van der Waals surface area contributed by atoms with Crippen LogP contribution in [0, 0.1) is 0 Å². The number of hydrogen-bond acceptors (Lipinski definition) is 1. The molecule has 2 nitrogen and oxygen atoms in total. The third-order valence-electron chi connectivity index (χ3n) is 0.637. The van der Waals surface area contributed by atoms with E-state index in [0.29, 0.717) is 0 Å². The quantitative estimate of drug-likeness (QED) is 0.595. The van der Waals surface area contributed by atoms with Gasteiger partial charge in [0.1, 0.15) is 0 Å². The van der Waals surface area contributed by atoms with Crippen molar-refractivity contribution in [2.45, 2.75) is 0 Å². The van der Waals surface area contributed by atoms with Gasteiger partial charge < -0.3 is 4.57 Å². The van der Waals surface area contributed by atoms with E-state index in [0.717, 1.165) is 0 Å². The average molecular weight is 209 g/mol. The molecule has 1 aromatic rings. The number of aryl methyl sites for hydroxylation is 1. The molecule has 1 aromatic heterocycles. The summed E-state index contributed by atoms with van der Waals surface area (Å²) < 4.78 is 1.89. The maximum absolute atomic E-state index is 4.76. The second-order valence-corrected chi connectivity index (χ2v) is 3.10. The molecular formula is C4H6Cl2FeN2. The Morgan fingerprint density at radius 2 is 2.11 bits per heavy atom. The summed E-state index contributed by atoms with van der Waals surface area (Å²) in [6.45, 7) is 0. The Morgan fingerprint density at radius 3 is 2.22 bits per heavy atom. The Kier molecular flexibility index (Phi) is 6.65. The second kappa shape index (κ2) is 6.43. The number of halogens is 2. The van der Waals surface area contributed by atoms with Crippen molar-refractivity contribution in [3.63, 3.8) is 0 Å². The molecule has 1 rings (SSSR count). The van der Waals surface area contributed by atoms with Crippen LogP contribution in [-0.4, -0.2) is 9.55 Å². The molecule has 0 bridgehead atoms. The van der Waals surface area contributed by atoms with E-state index >= 15 is 0 Å². The van der Waals surface area contributed by atoms with Crippen LogP contribution in [-0.2, 0) is 20.2 Å². The van der Waals surface area contributed by atoms with Crippen LogP contribution in [0.15, 0.2) is 18.7 Å². The van der Waals surface area contributed by atoms with Gasteiger partial charge in [0.2, 0.25) is 0 Å². The van der Waals surface area contributed by atoms with E-state index < -0.39 is 0 Å². The Hall–Kier alpha value is 0.309. The predicted molar refractivity (Wildman–Crippen MR) is 34.9 cm³/mol. The number of nitrogens with zero attached hydrogens (tertiary/aromatic N) is 2. The van der Waals surface area contributed by atoms with Crippen LogP contribution in [0.5, 0.6) is 0 Å². The minimum atomic E-state index is 0.194. The first-order valence-corrected chi connectivity index (χ1v) is 5.12. The summed E-state index contributed by atoms with van der Waals surface area (Å²) in [5.74, 6) is 0. The summed E-state index contributed by atoms with van der Waals surface area (Å²) in [7, 11) is 11.5. The van der Waals surface area contributed by atoms with E-state index in [-0.39, 0.29) is 13.1 Å². The van der Waals surface area contributed by atoms with E-state index in [4.69, 9.17) is 20.2 Å². The zero-order chi connectivity index (χ0) is 7.11. The van der Waals surface area contributed by atoms with Gasteiger partial charge in [-0.15, -0.1) is 0 Å². The van der Waals surface area contributed by atoms with Crippen LogP contribution in [0.2, 0.25) is 0 Å². The summed E-state index contributed by atoms with van der Waals surface area (Å²) in [4.78, 5) is 3.78. The predicted octanol–water partition coefficient (Wildman–Crippen LogP) is 1.80. The molecule has 0 aliphatic heterocycles. The molecule has 0 aliphatic rings. The molecule has 0 amide bonds. The molecule has 0 saturated carbocycles. The van der Waals surface area contributed by atoms with Crippen LogP contribution in [0.4, 0.5) is 0 Å². The fourth-order valence-corrected chi connectivity index (χ4v) is 0.326. The molecular weight excluding hydrogens is 203 g/mol. The number of aromatic nitrogens is 2. The second-order valence-electron chi connectivity index (χ2n) is 1.28. The van der Waals surface area contributed by atoms with Gasteiger partial charge >= 0.3 is 33.3 Å². The molecule has 54 valence electrons. The molecule has 1 heterocycles. The van der Waals surface area contributed by atoms with Crippen LogP contribution in [0.25, 0.3) is 0 Å². The zero-order valence-corrected chi connectivity index (χ0v) is 7.35. The number of rotatable bonds is 0. The van der Waals surface area contributed by atoms with Gasteiger partial charge in [0.15, 0.2) is 0 Å². The molecule has 0 atom stereocenters. The van der Waals surface area contributed by atoms with Crippen LogP contribution < -0.4 is 0 Å². The van der Waals surface area contributed by atoms with Crippen molar-refractivity contribution in [1.82, 2.24) is 9.55 Å². The molecule has 9 heavy (non-hydrogen) atoms. The van der Waals surface area contributed by atoms with Crippen molar-refractivity contribution in [2.75, 3.05) is 0 Å². The van der Waals surface area contributed by atoms with Crippen molar-refractivity contribution in [3.8, 4) is 0 Å². The van der Waals surface area contributed by atoms with E-state index in [1.54, 1.807) is 12.5 Å². The Labute approximate surface area is 68.8 Å². The maximum atomic E-state index is 4.76. The van der Waals surface area contributed by atoms with Gasteiger partial charge in [-0.3, -0.25) is 0 Å². The third kappa shape index (κ3) is 6.19. The van der Waals surface area contributed by atoms with Gasteiger partial charge in [-0.1, -0.05) is 0 Å². The van der Waals surface area contributed by atoms with Gasteiger partial charge in [-0.25, -0.2) is 4.98 Å². The van der Waals surface area contributed by atoms with E-state index in [9.17, 15) is 0 Å². The fraction of sp³-hybridized carbons (Fsp3) is 0.250. The molecule has 0 N–H and O–H groups in total. The molecule has 0 spiro atoms. The first-order chi connectivity index (χ1) is 4.31. The summed E-state index contributed by atoms with van der Waals surface area (Å²) in [6, 6.07) is 0. The molecule has 0 unspecified atom stereocenters. The number of hydrogen-bond donors (Lipinski definition) is 0. The van der Waals surface area contributed by atoms with Gasteiger partial charge in [0, 0.05) is 19.4 Å². The zero-order valence-electron chi connectivity index (χ0n) is 4.74. The normalized spacial score (nSPS) is 8.33. The van der Waals surface area contributed by atoms with Crippen LogP contribution in [0.1, 0.15) is 0 Å². The summed E-state index contributed by atoms with van der Waals surface area (Å²) in [5, 5.41) is 0. The topological polar surface area (TPSA) is 17.8 Å². The van der Waals surface area contributed by atoms with E-state index in [1.165, 1.54) is 0 Å². The van der Waals surface area contributed by atoms with E-state index in [2.05, 4.69) is 4.98 Å². The SMILES string of the molecule is Cn1ccnc1.[Cl][Fe][Cl]. The molecule has 0 aliphatic carbocycles. The Morgan fingerprint density at radius 1 is 1.56 bits per heavy atom. The molecule has 0 fully saturated rings. The summed E-state index contributed by atoms with van der Waals surface area (Å²) in [5.41, 5.74) is 0.